The Labute approximate surface area is 100 Å². The van der Waals surface area contributed by atoms with E-state index in [4.69, 9.17) is 10.8 Å². The number of aliphatic carboxylic acids is 1. The van der Waals surface area contributed by atoms with Crippen LogP contribution in [0.1, 0.15) is 25.7 Å². The minimum Gasteiger partial charge on any atom is -0.480 e. The maximum absolute atomic E-state index is 12.2. The van der Waals surface area contributed by atoms with Gasteiger partial charge in [-0.15, -0.1) is 0 Å². The summed E-state index contributed by atoms with van der Waals surface area (Å²) in [5.74, 6) is -0.905. The van der Waals surface area contributed by atoms with E-state index in [9.17, 15) is 9.59 Å². The van der Waals surface area contributed by atoms with Gasteiger partial charge < -0.3 is 20.6 Å². The van der Waals surface area contributed by atoms with Crippen LogP contribution < -0.4 is 5.73 Å². The Hall–Kier alpha value is -1.30. The predicted octanol–water partition coefficient (Wildman–Crippen LogP) is 0.0785. The fourth-order valence-electron chi connectivity index (χ4n) is 2.62. The van der Waals surface area contributed by atoms with Crippen molar-refractivity contribution in [3.63, 3.8) is 0 Å². The Morgan fingerprint density at radius 3 is 2.53 bits per heavy atom. The molecular weight excluding hydrogens is 222 g/mol. The summed E-state index contributed by atoms with van der Waals surface area (Å²) in [5, 5.41) is 9.05. The number of carboxylic acid groups (broad SMARTS) is 1. The maximum atomic E-state index is 12.2. The van der Waals surface area contributed by atoms with Crippen LogP contribution in [0.15, 0.2) is 0 Å². The van der Waals surface area contributed by atoms with E-state index in [2.05, 4.69) is 0 Å². The number of carbonyl (C=O) groups is 2. The van der Waals surface area contributed by atoms with E-state index in [1.165, 1.54) is 4.90 Å². The molecule has 0 aromatic rings. The van der Waals surface area contributed by atoms with Gasteiger partial charge in [-0.25, -0.2) is 9.59 Å². The minimum absolute atomic E-state index is 0.0265. The molecule has 0 aliphatic carbocycles. The van der Waals surface area contributed by atoms with E-state index in [-0.39, 0.29) is 12.1 Å². The third-order valence-corrected chi connectivity index (χ3v) is 3.51. The second-order valence-electron chi connectivity index (χ2n) is 4.82. The molecule has 2 saturated heterocycles. The normalized spacial score (nSPS) is 29.5. The molecule has 3 N–H and O–H groups in total. The summed E-state index contributed by atoms with van der Waals surface area (Å²) in [7, 11) is 0. The first-order valence-corrected chi connectivity index (χ1v) is 6.13. The molecule has 2 fully saturated rings. The molecule has 2 aliphatic rings. The van der Waals surface area contributed by atoms with E-state index in [0.29, 0.717) is 26.1 Å². The predicted molar refractivity (Wildman–Crippen MR) is 61.5 cm³/mol. The van der Waals surface area contributed by atoms with Crippen molar-refractivity contribution in [2.45, 2.75) is 37.8 Å². The highest BCUT2D eigenvalue weighted by Gasteiger charge is 2.36. The lowest BCUT2D eigenvalue weighted by Crippen LogP contribution is -2.53. The van der Waals surface area contributed by atoms with E-state index >= 15 is 0 Å². The molecule has 2 rings (SSSR count). The summed E-state index contributed by atoms with van der Waals surface area (Å²) in [6, 6.07) is -0.788. The van der Waals surface area contributed by atoms with E-state index < -0.39 is 12.0 Å². The van der Waals surface area contributed by atoms with Gasteiger partial charge in [0.25, 0.3) is 0 Å². The summed E-state index contributed by atoms with van der Waals surface area (Å²) in [4.78, 5) is 26.4. The first-order chi connectivity index (χ1) is 8.09. The average molecular weight is 241 g/mol. The quantitative estimate of drug-likeness (QED) is 0.680. The van der Waals surface area contributed by atoms with Crippen LogP contribution in [0.4, 0.5) is 4.79 Å². The molecule has 96 valence electrons. The number of carbonyl (C=O) groups excluding carboxylic acids is 1. The first-order valence-electron chi connectivity index (χ1n) is 6.13. The van der Waals surface area contributed by atoms with Crippen LogP contribution in [0, 0.1) is 0 Å². The number of nitrogens with zero attached hydrogens (tertiary/aromatic N) is 2. The summed E-state index contributed by atoms with van der Waals surface area (Å²) in [6.07, 6.45) is 3.16. The fourth-order valence-corrected chi connectivity index (χ4v) is 2.62. The highest BCUT2D eigenvalue weighted by atomic mass is 16.4. The number of hydrogen-bond donors (Lipinski definition) is 2. The Balaban J connectivity index is 2.01. The van der Waals surface area contributed by atoms with Crippen LogP contribution >= 0.6 is 0 Å². The van der Waals surface area contributed by atoms with Gasteiger partial charge in [-0.05, 0) is 25.7 Å². The number of hydrogen-bond acceptors (Lipinski definition) is 3. The Bertz CT molecular complexity index is 321. The summed E-state index contributed by atoms with van der Waals surface area (Å²) in [5.41, 5.74) is 5.83. The molecule has 0 bridgehead atoms. The summed E-state index contributed by atoms with van der Waals surface area (Å²) in [6.45, 7) is 1.78. The van der Waals surface area contributed by atoms with Crippen molar-refractivity contribution in [2.75, 3.05) is 19.6 Å². The summed E-state index contributed by atoms with van der Waals surface area (Å²) >= 11 is 0. The smallest absolute Gasteiger partial charge is 0.326 e. The molecule has 2 aliphatic heterocycles. The average Bonchev–Trinajstić information content (AvgIpc) is 2.77. The lowest BCUT2D eigenvalue weighted by molar-refractivity contribution is -0.141. The summed E-state index contributed by atoms with van der Waals surface area (Å²) < 4.78 is 0. The Morgan fingerprint density at radius 2 is 1.88 bits per heavy atom. The largest absolute Gasteiger partial charge is 0.480 e. The van der Waals surface area contributed by atoms with Crippen molar-refractivity contribution in [1.29, 1.82) is 0 Å². The number of rotatable bonds is 1. The van der Waals surface area contributed by atoms with Crippen LogP contribution in [0.2, 0.25) is 0 Å². The fraction of sp³-hybridized carbons (Fsp3) is 0.818. The highest BCUT2D eigenvalue weighted by molar-refractivity contribution is 5.83. The van der Waals surface area contributed by atoms with Gasteiger partial charge in [0.1, 0.15) is 6.04 Å². The second-order valence-corrected chi connectivity index (χ2v) is 4.82. The molecule has 0 radical (unpaired) electrons. The molecule has 0 aromatic heterocycles. The molecule has 17 heavy (non-hydrogen) atoms. The topological polar surface area (TPSA) is 86.9 Å². The van der Waals surface area contributed by atoms with Crippen LogP contribution in [-0.4, -0.2) is 58.6 Å². The lowest BCUT2D eigenvalue weighted by atomic mass is 10.1. The minimum atomic E-state index is -0.905. The van der Waals surface area contributed by atoms with Crippen molar-refractivity contribution in [3.05, 3.63) is 0 Å². The maximum Gasteiger partial charge on any atom is 0.326 e. The van der Waals surface area contributed by atoms with Gasteiger partial charge in [0.05, 0.1) is 0 Å². The molecule has 6 heteroatoms. The van der Waals surface area contributed by atoms with Crippen molar-refractivity contribution < 1.29 is 14.7 Å². The van der Waals surface area contributed by atoms with Gasteiger partial charge in [-0.1, -0.05) is 0 Å². The zero-order chi connectivity index (χ0) is 12.4. The molecule has 2 amide bonds. The molecular formula is C11H19N3O3. The van der Waals surface area contributed by atoms with Crippen molar-refractivity contribution in [3.8, 4) is 0 Å². The Kier molecular flexibility index (Phi) is 3.51. The van der Waals surface area contributed by atoms with Crippen LogP contribution in [0.3, 0.4) is 0 Å². The van der Waals surface area contributed by atoms with Crippen molar-refractivity contribution >= 4 is 12.0 Å². The molecule has 0 saturated carbocycles. The molecule has 2 atom stereocenters. The first kappa shape index (κ1) is 12.2. The molecule has 0 spiro atoms. The van der Waals surface area contributed by atoms with Gasteiger partial charge in [0.15, 0.2) is 0 Å². The monoisotopic (exact) mass is 241 g/mol. The standard InChI is InChI=1S/C11H19N3O3/c12-8-3-1-5-13(7-8)11(17)14-6-2-4-9(14)10(15)16/h8-9H,1-7,12H2,(H,15,16)/t8?,9-/m0/s1. The Morgan fingerprint density at radius 1 is 1.18 bits per heavy atom. The van der Waals surface area contributed by atoms with Crippen molar-refractivity contribution in [1.82, 2.24) is 9.80 Å². The zero-order valence-corrected chi connectivity index (χ0v) is 9.84. The zero-order valence-electron chi connectivity index (χ0n) is 9.84. The number of piperidine rings is 1. The van der Waals surface area contributed by atoms with Gasteiger partial charge in [-0.3, -0.25) is 0 Å². The van der Waals surface area contributed by atoms with Gasteiger partial charge in [0.2, 0.25) is 0 Å². The van der Waals surface area contributed by atoms with E-state index in [1.807, 2.05) is 0 Å². The molecule has 2 heterocycles. The van der Waals surface area contributed by atoms with Gasteiger partial charge in [-0.2, -0.15) is 0 Å². The molecule has 6 nitrogen and oxygen atoms in total. The molecule has 0 aromatic carbocycles. The number of urea groups is 1. The number of nitrogens with two attached hydrogens (primary N) is 1. The number of amides is 2. The third kappa shape index (κ3) is 2.52. The van der Waals surface area contributed by atoms with Crippen LogP contribution in [0.25, 0.3) is 0 Å². The van der Waals surface area contributed by atoms with E-state index in [1.54, 1.807) is 4.90 Å². The number of carboxylic acids is 1. The van der Waals surface area contributed by atoms with Gasteiger partial charge >= 0.3 is 12.0 Å². The lowest BCUT2D eigenvalue weighted by Gasteiger charge is -2.35. The number of likely N-dealkylation sites (tertiary alicyclic amines) is 2. The van der Waals surface area contributed by atoms with Gasteiger partial charge in [0, 0.05) is 25.7 Å². The molecule has 1 unspecified atom stereocenters. The SMILES string of the molecule is NC1CCCN(C(=O)N2CCC[C@H]2C(=O)O)C1. The second kappa shape index (κ2) is 4.91. The highest BCUT2D eigenvalue weighted by Crippen LogP contribution is 2.20. The van der Waals surface area contributed by atoms with Crippen molar-refractivity contribution in [2.24, 2.45) is 5.73 Å². The van der Waals surface area contributed by atoms with Crippen LogP contribution in [0.5, 0.6) is 0 Å². The van der Waals surface area contributed by atoms with Crippen LogP contribution in [-0.2, 0) is 4.79 Å². The van der Waals surface area contributed by atoms with E-state index in [0.717, 1.165) is 19.3 Å². The third-order valence-electron chi connectivity index (χ3n) is 3.51.